The molecule has 0 bridgehead atoms. The van der Waals surface area contributed by atoms with E-state index in [1.54, 1.807) is 18.3 Å². The van der Waals surface area contributed by atoms with Crippen LogP contribution in [-0.2, 0) is 0 Å². The van der Waals surface area contributed by atoms with Crippen LogP contribution in [0.3, 0.4) is 0 Å². The molecular formula is C18H22FN3OS. The summed E-state index contributed by atoms with van der Waals surface area (Å²) in [6.45, 7) is 2.71. The topological polar surface area (TPSA) is 38.1 Å². The molecule has 24 heavy (non-hydrogen) atoms. The Morgan fingerprint density at radius 2 is 2.00 bits per heavy atom. The van der Waals surface area contributed by atoms with E-state index in [0.29, 0.717) is 18.3 Å². The number of thioether (sulfide) groups is 1. The Morgan fingerprint density at radius 1 is 1.33 bits per heavy atom. The van der Waals surface area contributed by atoms with Crippen LogP contribution in [-0.4, -0.2) is 39.2 Å². The lowest BCUT2D eigenvalue weighted by Gasteiger charge is -2.28. The summed E-state index contributed by atoms with van der Waals surface area (Å²) in [6, 6.07) is 6.49. The van der Waals surface area contributed by atoms with Gasteiger partial charge in [-0.3, -0.25) is 9.36 Å². The van der Waals surface area contributed by atoms with Crippen molar-refractivity contribution >= 4 is 17.7 Å². The summed E-state index contributed by atoms with van der Waals surface area (Å²) < 4.78 is 15.1. The normalized spacial score (nSPS) is 15.0. The summed E-state index contributed by atoms with van der Waals surface area (Å²) in [5, 5.41) is 0.729. The molecule has 1 fully saturated rings. The van der Waals surface area contributed by atoms with Gasteiger partial charge in [0, 0.05) is 18.3 Å². The molecule has 0 N–H and O–H groups in total. The predicted molar refractivity (Wildman–Crippen MR) is 94.3 cm³/mol. The standard InChI is InChI=1S/C18H22FN3OS/c1-3-21(14-6-4-5-7-14)17(23)16-12-20-18(24-2)22(16)15-10-8-13(19)9-11-15/h8-12,14H,3-7H2,1-2H3. The van der Waals surface area contributed by atoms with E-state index in [1.807, 2.05) is 22.6 Å². The maximum atomic E-state index is 13.3. The zero-order valence-corrected chi connectivity index (χ0v) is 14.9. The Morgan fingerprint density at radius 3 is 2.58 bits per heavy atom. The van der Waals surface area contributed by atoms with E-state index in [1.165, 1.54) is 36.7 Å². The number of amides is 1. The molecule has 1 aromatic carbocycles. The number of carbonyl (C=O) groups excluding carboxylic acids is 1. The second-order valence-electron chi connectivity index (χ2n) is 5.97. The molecule has 2 aromatic rings. The molecule has 128 valence electrons. The SMILES string of the molecule is CCN(C(=O)c1cnc(SC)n1-c1ccc(F)cc1)C1CCCC1. The number of rotatable bonds is 5. The molecule has 3 rings (SSSR count). The Kier molecular flexibility index (Phi) is 5.23. The van der Waals surface area contributed by atoms with Crippen LogP contribution in [0.1, 0.15) is 43.1 Å². The molecule has 0 aliphatic heterocycles. The molecule has 0 atom stereocenters. The molecule has 1 amide bonds. The first-order chi connectivity index (χ1) is 11.7. The number of halogens is 1. The van der Waals surface area contributed by atoms with Gasteiger partial charge in [-0.25, -0.2) is 9.37 Å². The van der Waals surface area contributed by atoms with E-state index in [2.05, 4.69) is 4.98 Å². The van der Waals surface area contributed by atoms with E-state index in [-0.39, 0.29) is 11.7 Å². The summed E-state index contributed by atoms with van der Waals surface area (Å²) in [4.78, 5) is 19.5. The van der Waals surface area contributed by atoms with Crippen molar-refractivity contribution in [3.63, 3.8) is 0 Å². The predicted octanol–water partition coefficient (Wildman–Crippen LogP) is 4.14. The van der Waals surface area contributed by atoms with Crippen LogP contribution in [0, 0.1) is 5.82 Å². The van der Waals surface area contributed by atoms with Crippen molar-refractivity contribution in [3.05, 3.63) is 42.0 Å². The third-order valence-electron chi connectivity index (χ3n) is 4.58. The van der Waals surface area contributed by atoms with Crippen molar-refractivity contribution < 1.29 is 9.18 Å². The average Bonchev–Trinajstić information content (AvgIpc) is 3.25. The molecule has 6 heteroatoms. The van der Waals surface area contributed by atoms with Gasteiger partial charge in [0.2, 0.25) is 0 Å². The van der Waals surface area contributed by atoms with Crippen molar-refractivity contribution in [1.29, 1.82) is 0 Å². The van der Waals surface area contributed by atoms with Gasteiger partial charge in [0.1, 0.15) is 11.5 Å². The fraction of sp³-hybridized carbons (Fsp3) is 0.444. The van der Waals surface area contributed by atoms with Crippen LogP contribution in [0.4, 0.5) is 4.39 Å². The highest BCUT2D eigenvalue weighted by molar-refractivity contribution is 7.98. The lowest BCUT2D eigenvalue weighted by atomic mass is 10.2. The van der Waals surface area contributed by atoms with E-state index >= 15 is 0 Å². The van der Waals surface area contributed by atoms with Crippen LogP contribution in [0.5, 0.6) is 0 Å². The molecule has 1 aliphatic rings. The summed E-state index contributed by atoms with van der Waals surface area (Å²) >= 11 is 1.47. The van der Waals surface area contributed by atoms with E-state index in [9.17, 15) is 9.18 Å². The molecular weight excluding hydrogens is 325 g/mol. The first-order valence-corrected chi connectivity index (χ1v) is 9.56. The van der Waals surface area contributed by atoms with Gasteiger partial charge < -0.3 is 4.90 Å². The highest BCUT2D eigenvalue weighted by Gasteiger charge is 2.29. The molecule has 1 aliphatic carbocycles. The van der Waals surface area contributed by atoms with Gasteiger partial charge in [0.15, 0.2) is 5.16 Å². The maximum absolute atomic E-state index is 13.3. The van der Waals surface area contributed by atoms with Crippen LogP contribution < -0.4 is 0 Å². The first kappa shape index (κ1) is 17.0. The third-order valence-corrected chi connectivity index (χ3v) is 5.24. The Balaban J connectivity index is 1.99. The van der Waals surface area contributed by atoms with E-state index in [4.69, 9.17) is 0 Å². The van der Waals surface area contributed by atoms with Crippen LogP contribution >= 0.6 is 11.8 Å². The number of hydrogen-bond donors (Lipinski definition) is 0. The molecule has 0 unspecified atom stereocenters. The lowest BCUT2D eigenvalue weighted by molar-refractivity contribution is 0.0684. The molecule has 0 saturated heterocycles. The van der Waals surface area contributed by atoms with Gasteiger partial charge in [-0.05, 0) is 50.3 Å². The number of aromatic nitrogens is 2. The van der Waals surface area contributed by atoms with Gasteiger partial charge in [-0.15, -0.1) is 0 Å². The van der Waals surface area contributed by atoms with Gasteiger partial charge >= 0.3 is 0 Å². The molecule has 0 spiro atoms. The van der Waals surface area contributed by atoms with Gasteiger partial charge in [0.25, 0.3) is 5.91 Å². The maximum Gasteiger partial charge on any atom is 0.272 e. The highest BCUT2D eigenvalue weighted by atomic mass is 32.2. The summed E-state index contributed by atoms with van der Waals surface area (Å²) in [5.41, 5.74) is 1.30. The fourth-order valence-electron chi connectivity index (χ4n) is 3.40. The van der Waals surface area contributed by atoms with Gasteiger partial charge in [-0.1, -0.05) is 24.6 Å². The largest absolute Gasteiger partial charge is 0.335 e. The minimum absolute atomic E-state index is 0.00141. The Labute approximate surface area is 146 Å². The minimum atomic E-state index is -0.293. The summed E-state index contributed by atoms with van der Waals surface area (Å²) in [6.07, 6.45) is 8.06. The highest BCUT2D eigenvalue weighted by Crippen LogP contribution is 2.27. The minimum Gasteiger partial charge on any atom is -0.335 e. The second kappa shape index (κ2) is 7.38. The Bertz CT molecular complexity index is 708. The Hall–Kier alpha value is -1.82. The zero-order chi connectivity index (χ0) is 17.1. The third kappa shape index (κ3) is 3.20. The fourth-order valence-corrected chi connectivity index (χ4v) is 3.94. The van der Waals surface area contributed by atoms with Crippen molar-refractivity contribution in [2.75, 3.05) is 12.8 Å². The van der Waals surface area contributed by atoms with Crippen LogP contribution in [0.2, 0.25) is 0 Å². The van der Waals surface area contributed by atoms with E-state index in [0.717, 1.165) is 23.7 Å². The van der Waals surface area contributed by atoms with E-state index < -0.39 is 0 Å². The first-order valence-electron chi connectivity index (χ1n) is 8.34. The van der Waals surface area contributed by atoms with Crippen molar-refractivity contribution in [3.8, 4) is 5.69 Å². The average molecular weight is 347 g/mol. The molecule has 1 aromatic heterocycles. The molecule has 1 heterocycles. The molecule has 4 nitrogen and oxygen atoms in total. The zero-order valence-electron chi connectivity index (χ0n) is 14.0. The number of carbonyl (C=O) groups is 1. The molecule has 0 radical (unpaired) electrons. The van der Waals surface area contributed by atoms with Crippen molar-refractivity contribution in [2.45, 2.75) is 43.8 Å². The van der Waals surface area contributed by atoms with Crippen molar-refractivity contribution in [2.24, 2.45) is 0 Å². The van der Waals surface area contributed by atoms with Crippen LogP contribution in [0.15, 0.2) is 35.6 Å². The summed E-state index contributed by atoms with van der Waals surface area (Å²) in [5.74, 6) is -0.292. The second-order valence-corrected chi connectivity index (χ2v) is 6.74. The van der Waals surface area contributed by atoms with Crippen LogP contribution in [0.25, 0.3) is 5.69 Å². The number of benzene rings is 1. The number of nitrogens with zero attached hydrogens (tertiary/aromatic N) is 3. The summed E-state index contributed by atoms with van der Waals surface area (Å²) in [7, 11) is 0. The van der Waals surface area contributed by atoms with Gasteiger partial charge in [-0.2, -0.15) is 0 Å². The monoisotopic (exact) mass is 347 g/mol. The molecule has 1 saturated carbocycles. The smallest absolute Gasteiger partial charge is 0.272 e. The van der Waals surface area contributed by atoms with Crippen molar-refractivity contribution in [1.82, 2.24) is 14.5 Å². The number of hydrogen-bond acceptors (Lipinski definition) is 3. The number of imidazole rings is 1. The quantitative estimate of drug-likeness (QED) is 0.763. The van der Waals surface area contributed by atoms with Gasteiger partial charge in [0.05, 0.1) is 6.20 Å². The lowest BCUT2D eigenvalue weighted by Crippen LogP contribution is -2.39.